The number of allylic oxidation sites excluding steroid dienone is 2. The molecule has 0 N–H and O–H groups in total. The maximum absolute atomic E-state index is 11.7. The van der Waals surface area contributed by atoms with E-state index in [1.807, 2.05) is 36.4 Å². The van der Waals surface area contributed by atoms with E-state index in [-0.39, 0.29) is 17.3 Å². The van der Waals surface area contributed by atoms with E-state index in [4.69, 9.17) is 0 Å². The van der Waals surface area contributed by atoms with E-state index in [1.165, 1.54) is 6.08 Å². The Hall–Kier alpha value is -2.23. The van der Waals surface area contributed by atoms with Gasteiger partial charge in [-0.15, -0.1) is 0 Å². The Morgan fingerprint density at radius 3 is 2.53 bits per heavy atom. The summed E-state index contributed by atoms with van der Waals surface area (Å²) in [5.74, 6) is -0.120. The topological polar surface area (TPSA) is 60.2 Å². The van der Waals surface area contributed by atoms with Crippen LogP contribution in [0.15, 0.2) is 48.6 Å². The minimum absolute atomic E-state index is 0.0547. The zero-order valence-corrected chi connectivity index (χ0v) is 10.7. The van der Waals surface area contributed by atoms with Crippen molar-refractivity contribution in [1.82, 2.24) is 0 Å². The molecule has 0 saturated heterocycles. The Kier molecular flexibility index (Phi) is 6.22. The molecule has 0 spiro atoms. The quantitative estimate of drug-likeness (QED) is 0.311. The van der Waals surface area contributed by atoms with Gasteiger partial charge in [0.05, 0.1) is 0 Å². The summed E-state index contributed by atoms with van der Waals surface area (Å²) in [6.45, 7) is 3.43. The van der Waals surface area contributed by atoms with E-state index < -0.39 is 0 Å². The molecule has 4 heteroatoms. The highest BCUT2D eigenvalue weighted by atomic mass is 16.6. The molecule has 0 aliphatic carbocycles. The maximum Gasteiger partial charge on any atom is 0.203 e. The van der Waals surface area contributed by atoms with Gasteiger partial charge in [-0.2, -0.15) is 0 Å². The Bertz CT molecular complexity index is 477. The molecule has 0 amide bonds. The molecular formula is C15H17NO3. The number of rotatable bonds is 8. The number of nitro groups is 1. The van der Waals surface area contributed by atoms with Crippen LogP contribution in [0, 0.1) is 10.1 Å². The Labute approximate surface area is 112 Å². The highest BCUT2D eigenvalue weighted by molar-refractivity contribution is 6.06. The van der Waals surface area contributed by atoms with Crippen LogP contribution in [0.1, 0.15) is 24.8 Å². The van der Waals surface area contributed by atoms with Crippen molar-refractivity contribution in [3.63, 3.8) is 0 Å². The molecule has 1 aromatic carbocycles. The number of carbonyl (C=O) groups excluding carboxylic acids is 1. The molecule has 1 aromatic rings. The number of ketones is 1. The van der Waals surface area contributed by atoms with Crippen LogP contribution in [-0.2, 0) is 4.79 Å². The van der Waals surface area contributed by atoms with Crippen molar-refractivity contribution in [2.24, 2.45) is 0 Å². The first-order valence-electron chi connectivity index (χ1n) is 6.17. The van der Waals surface area contributed by atoms with E-state index in [0.717, 1.165) is 5.56 Å². The van der Waals surface area contributed by atoms with Gasteiger partial charge in [-0.1, -0.05) is 36.9 Å². The molecule has 0 aliphatic rings. The lowest BCUT2D eigenvalue weighted by atomic mass is 10.0. The van der Waals surface area contributed by atoms with Crippen LogP contribution in [0.5, 0.6) is 0 Å². The van der Waals surface area contributed by atoms with Crippen molar-refractivity contribution in [1.29, 1.82) is 0 Å². The van der Waals surface area contributed by atoms with Crippen LogP contribution in [0.25, 0.3) is 6.08 Å². The van der Waals surface area contributed by atoms with Crippen molar-refractivity contribution in [3.05, 3.63) is 64.2 Å². The van der Waals surface area contributed by atoms with Crippen molar-refractivity contribution in [2.45, 2.75) is 19.3 Å². The molecule has 0 aliphatic heterocycles. The first-order chi connectivity index (χ1) is 9.13. The van der Waals surface area contributed by atoms with Crippen LogP contribution < -0.4 is 0 Å². The fourth-order valence-corrected chi connectivity index (χ4v) is 1.70. The number of hydrogen-bond acceptors (Lipinski definition) is 3. The molecule has 0 unspecified atom stereocenters. The largest absolute Gasteiger partial charge is 0.290 e. The lowest BCUT2D eigenvalue weighted by Crippen LogP contribution is -2.02. The summed E-state index contributed by atoms with van der Waals surface area (Å²) in [4.78, 5) is 21.6. The third-order valence-corrected chi connectivity index (χ3v) is 2.68. The lowest BCUT2D eigenvalue weighted by molar-refractivity contribution is -0.480. The standard InChI is InChI=1S/C15H17NO3/c1-2-15(17)14(10-6-7-11-16(18)19)12-13-8-4-3-5-9-13/h2-5,8-9,12H,1,6-7,10-11H2. The molecule has 0 fully saturated rings. The lowest BCUT2D eigenvalue weighted by Gasteiger charge is -2.03. The molecule has 100 valence electrons. The molecule has 0 bridgehead atoms. The van der Waals surface area contributed by atoms with Gasteiger partial charge in [0.2, 0.25) is 6.54 Å². The van der Waals surface area contributed by atoms with Gasteiger partial charge < -0.3 is 0 Å². The van der Waals surface area contributed by atoms with E-state index >= 15 is 0 Å². The normalized spacial score (nSPS) is 11.1. The predicted octanol–water partition coefficient (Wildman–Crippen LogP) is 3.27. The number of carbonyl (C=O) groups is 1. The van der Waals surface area contributed by atoms with Gasteiger partial charge in [0.1, 0.15) is 0 Å². The smallest absolute Gasteiger partial charge is 0.203 e. The van der Waals surface area contributed by atoms with Crippen LogP contribution in [0.4, 0.5) is 0 Å². The zero-order chi connectivity index (χ0) is 14.1. The van der Waals surface area contributed by atoms with Crippen molar-refractivity contribution in [2.75, 3.05) is 6.54 Å². The van der Waals surface area contributed by atoms with Crippen LogP contribution in [0.3, 0.4) is 0 Å². The molecule has 0 atom stereocenters. The van der Waals surface area contributed by atoms with Gasteiger partial charge >= 0.3 is 0 Å². The predicted molar refractivity (Wildman–Crippen MR) is 75.3 cm³/mol. The molecule has 4 nitrogen and oxygen atoms in total. The molecule has 0 radical (unpaired) electrons. The monoisotopic (exact) mass is 259 g/mol. The highest BCUT2D eigenvalue weighted by Crippen LogP contribution is 2.14. The minimum atomic E-state index is -0.337. The Morgan fingerprint density at radius 1 is 1.26 bits per heavy atom. The summed E-state index contributed by atoms with van der Waals surface area (Å²) in [7, 11) is 0. The minimum Gasteiger partial charge on any atom is -0.290 e. The zero-order valence-electron chi connectivity index (χ0n) is 10.7. The van der Waals surface area contributed by atoms with Crippen LogP contribution in [0.2, 0.25) is 0 Å². The average molecular weight is 259 g/mol. The number of unbranched alkanes of at least 4 members (excludes halogenated alkanes) is 1. The average Bonchev–Trinajstić information content (AvgIpc) is 2.42. The SMILES string of the molecule is C=CC(=O)C(=Cc1ccccc1)CCCC[N+](=O)[O-]. The molecule has 1 rings (SSSR count). The number of hydrogen-bond donors (Lipinski definition) is 0. The molecule has 0 saturated carbocycles. The van der Waals surface area contributed by atoms with E-state index in [9.17, 15) is 14.9 Å². The molecule has 0 heterocycles. The van der Waals surface area contributed by atoms with Gasteiger partial charge in [0.15, 0.2) is 5.78 Å². The van der Waals surface area contributed by atoms with E-state index in [0.29, 0.717) is 24.8 Å². The molecule has 0 aromatic heterocycles. The van der Waals surface area contributed by atoms with Gasteiger partial charge in [0.25, 0.3) is 0 Å². The van der Waals surface area contributed by atoms with Gasteiger partial charge in [0, 0.05) is 16.9 Å². The fraction of sp³-hybridized carbons (Fsp3) is 0.267. The summed E-state index contributed by atoms with van der Waals surface area (Å²) in [6.07, 6.45) is 4.73. The van der Waals surface area contributed by atoms with Gasteiger partial charge in [-0.25, -0.2) is 0 Å². The van der Waals surface area contributed by atoms with Crippen LogP contribution >= 0.6 is 0 Å². The van der Waals surface area contributed by atoms with E-state index in [2.05, 4.69) is 6.58 Å². The van der Waals surface area contributed by atoms with Crippen molar-refractivity contribution < 1.29 is 9.72 Å². The summed E-state index contributed by atoms with van der Waals surface area (Å²) < 4.78 is 0. The third kappa shape index (κ3) is 5.77. The number of nitrogens with zero attached hydrogens (tertiary/aromatic N) is 1. The summed E-state index contributed by atoms with van der Waals surface area (Å²) >= 11 is 0. The van der Waals surface area contributed by atoms with Crippen molar-refractivity contribution >= 4 is 11.9 Å². The summed E-state index contributed by atoms with van der Waals surface area (Å²) in [5.41, 5.74) is 1.59. The highest BCUT2D eigenvalue weighted by Gasteiger charge is 2.07. The van der Waals surface area contributed by atoms with E-state index in [1.54, 1.807) is 0 Å². The second-order valence-electron chi connectivity index (χ2n) is 4.16. The Balaban J connectivity index is 2.67. The first-order valence-corrected chi connectivity index (χ1v) is 6.17. The number of benzene rings is 1. The second-order valence-corrected chi connectivity index (χ2v) is 4.16. The third-order valence-electron chi connectivity index (χ3n) is 2.68. The summed E-state index contributed by atoms with van der Waals surface area (Å²) in [5, 5.41) is 10.2. The van der Waals surface area contributed by atoms with Crippen molar-refractivity contribution in [3.8, 4) is 0 Å². The summed E-state index contributed by atoms with van der Waals surface area (Å²) in [6, 6.07) is 9.52. The van der Waals surface area contributed by atoms with Gasteiger partial charge in [-0.3, -0.25) is 14.9 Å². The fourth-order valence-electron chi connectivity index (χ4n) is 1.70. The first kappa shape index (κ1) is 14.8. The Morgan fingerprint density at radius 2 is 1.95 bits per heavy atom. The molecule has 19 heavy (non-hydrogen) atoms. The molecular weight excluding hydrogens is 242 g/mol. The van der Waals surface area contributed by atoms with Gasteiger partial charge in [-0.05, 0) is 30.6 Å². The van der Waals surface area contributed by atoms with Crippen LogP contribution in [-0.4, -0.2) is 17.3 Å². The maximum atomic E-state index is 11.7. The second kappa shape index (κ2) is 7.97.